The fraction of sp³-hybridized carbons (Fsp3) is 0.432. The van der Waals surface area contributed by atoms with Crippen molar-refractivity contribution in [2.75, 3.05) is 32.7 Å². The maximum Gasteiger partial charge on any atom is 0.414 e. The van der Waals surface area contributed by atoms with Gasteiger partial charge in [0.05, 0.1) is 0 Å². The molecular formula is C37H47N3O7. The number of carbonyl (C=O) groups is 3. The highest BCUT2D eigenvalue weighted by atomic mass is 16.4. The van der Waals surface area contributed by atoms with Gasteiger partial charge >= 0.3 is 11.9 Å². The van der Waals surface area contributed by atoms with Crippen molar-refractivity contribution in [3.63, 3.8) is 0 Å². The van der Waals surface area contributed by atoms with Gasteiger partial charge in [0.25, 0.3) is 5.91 Å². The molecule has 0 radical (unpaired) electrons. The molecule has 2 saturated heterocycles. The van der Waals surface area contributed by atoms with Gasteiger partial charge in [0, 0.05) is 42.2 Å². The number of amides is 1. The average Bonchev–Trinajstić information content (AvgIpc) is 3.50. The fourth-order valence-corrected chi connectivity index (χ4v) is 6.28. The second kappa shape index (κ2) is 18.1. The first-order valence-corrected chi connectivity index (χ1v) is 16.6. The van der Waals surface area contributed by atoms with Gasteiger partial charge in [-0.2, -0.15) is 0 Å². The number of carboxylic acids is 2. The molecule has 0 unspecified atom stereocenters. The van der Waals surface area contributed by atoms with E-state index in [4.69, 9.17) is 19.8 Å². The summed E-state index contributed by atoms with van der Waals surface area (Å²) in [5.41, 5.74) is 4.57. The molecule has 3 aromatic rings. The number of nitrogens with zero attached hydrogens (tertiary/aromatic N) is 2. The SMILES string of the molecule is O=C(NCC(c1ccc(O)c(CN2CCCCCC2)c1)c1ccc(O)c(CN2CCCCCC2)c1)c1ccccc1.O=C(O)C(=O)O. The van der Waals surface area contributed by atoms with Crippen molar-refractivity contribution >= 4 is 17.8 Å². The number of aromatic hydroxyl groups is 2. The molecule has 2 aliphatic heterocycles. The van der Waals surface area contributed by atoms with E-state index in [2.05, 4.69) is 27.2 Å². The van der Waals surface area contributed by atoms with Crippen molar-refractivity contribution in [2.24, 2.45) is 0 Å². The van der Waals surface area contributed by atoms with E-state index in [-0.39, 0.29) is 11.8 Å². The lowest BCUT2D eigenvalue weighted by Crippen LogP contribution is -2.29. The summed E-state index contributed by atoms with van der Waals surface area (Å²) in [5, 5.41) is 39.6. The average molecular weight is 646 g/mol. The summed E-state index contributed by atoms with van der Waals surface area (Å²) in [5.74, 6) is -3.25. The number of nitrogens with one attached hydrogen (secondary N) is 1. The van der Waals surface area contributed by atoms with Crippen molar-refractivity contribution in [3.05, 3.63) is 94.5 Å². The Bertz CT molecular complexity index is 1380. The van der Waals surface area contributed by atoms with Crippen LogP contribution < -0.4 is 5.32 Å². The molecule has 2 heterocycles. The minimum Gasteiger partial charge on any atom is -0.508 e. The minimum atomic E-state index is -1.82. The Labute approximate surface area is 276 Å². The topological polar surface area (TPSA) is 151 Å². The third-order valence-electron chi connectivity index (χ3n) is 8.88. The van der Waals surface area contributed by atoms with Gasteiger partial charge in [-0.3, -0.25) is 14.6 Å². The molecule has 5 N–H and O–H groups in total. The molecule has 0 saturated carbocycles. The quantitative estimate of drug-likeness (QED) is 0.188. The molecule has 1 amide bonds. The highest BCUT2D eigenvalue weighted by Crippen LogP contribution is 2.32. The van der Waals surface area contributed by atoms with Crippen LogP contribution in [0, 0.1) is 0 Å². The molecule has 0 spiro atoms. The number of carbonyl (C=O) groups excluding carboxylic acids is 1. The Kier molecular flexibility index (Phi) is 13.6. The van der Waals surface area contributed by atoms with E-state index in [1.54, 1.807) is 12.1 Å². The number of phenolic OH excluding ortho intramolecular Hbond substituents is 2. The van der Waals surface area contributed by atoms with E-state index >= 15 is 0 Å². The molecule has 47 heavy (non-hydrogen) atoms. The Morgan fingerprint density at radius 2 is 1.04 bits per heavy atom. The lowest BCUT2D eigenvalue weighted by atomic mass is 9.88. The molecule has 2 aliphatic rings. The third-order valence-corrected chi connectivity index (χ3v) is 8.88. The van der Waals surface area contributed by atoms with E-state index in [0.717, 1.165) is 61.5 Å². The molecule has 0 atom stereocenters. The van der Waals surface area contributed by atoms with Crippen LogP contribution in [0.5, 0.6) is 11.5 Å². The third kappa shape index (κ3) is 11.1. The van der Waals surface area contributed by atoms with Crippen molar-refractivity contribution in [3.8, 4) is 11.5 Å². The lowest BCUT2D eigenvalue weighted by molar-refractivity contribution is -0.159. The van der Waals surface area contributed by atoms with Gasteiger partial charge in [0.2, 0.25) is 0 Å². The van der Waals surface area contributed by atoms with Crippen LogP contribution in [-0.4, -0.2) is 80.8 Å². The van der Waals surface area contributed by atoms with E-state index in [9.17, 15) is 15.0 Å². The largest absolute Gasteiger partial charge is 0.508 e. The molecule has 10 heteroatoms. The van der Waals surface area contributed by atoms with Gasteiger partial charge in [-0.05, 0) is 87.3 Å². The minimum absolute atomic E-state index is 0.109. The molecular weight excluding hydrogens is 598 g/mol. The monoisotopic (exact) mass is 645 g/mol. The van der Waals surface area contributed by atoms with Crippen LogP contribution in [0.25, 0.3) is 0 Å². The maximum atomic E-state index is 13.0. The van der Waals surface area contributed by atoms with Crippen LogP contribution >= 0.6 is 0 Å². The smallest absolute Gasteiger partial charge is 0.414 e. The normalized spacial score (nSPS) is 15.9. The summed E-state index contributed by atoms with van der Waals surface area (Å²) in [6, 6.07) is 21.1. The van der Waals surface area contributed by atoms with Gasteiger partial charge in [0.1, 0.15) is 11.5 Å². The highest BCUT2D eigenvalue weighted by molar-refractivity contribution is 6.27. The molecule has 3 aromatic carbocycles. The zero-order valence-corrected chi connectivity index (χ0v) is 26.9. The van der Waals surface area contributed by atoms with Crippen molar-refractivity contribution in [2.45, 2.75) is 70.4 Å². The van der Waals surface area contributed by atoms with E-state index in [1.165, 1.54) is 51.4 Å². The number of benzene rings is 3. The Balaban J connectivity index is 0.000000762. The number of rotatable bonds is 9. The second-order valence-corrected chi connectivity index (χ2v) is 12.4. The number of hydrogen-bond acceptors (Lipinski definition) is 7. The van der Waals surface area contributed by atoms with Gasteiger partial charge in [-0.1, -0.05) is 68.1 Å². The van der Waals surface area contributed by atoms with Crippen molar-refractivity contribution in [1.82, 2.24) is 15.1 Å². The Morgan fingerprint density at radius 3 is 1.45 bits per heavy atom. The van der Waals surface area contributed by atoms with Gasteiger partial charge < -0.3 is 25.7 Å². The summed E-state index contributed by atoms with van der Waals surface area (Å²) in [4.78, 5) is 36.1. The molecule has 5 rings (SSSR count). The second-order valence-electron chi connectivity index (χ2n) is 12.4. The first kappa shape index (κ1) is 35.4. The summed E-state index contributed by atoms with van der Waals surface area (Å²) < 4.78 is 0. The zero-order chi connectivity index (χ0) is 33.6. The molecule has 10 nitrogen and oxygen atoms in total. The van der Waals surface area contributed by atoms with Crippen molar-refractivity contribution in [1.29, 1.82) is 0 Å². The number of carboxylic acid groups (broad SMARTS) is 2. The van der Waals surface area contributed by atoms with Gasteiger partial charge in [-0.15, -0.1) is 0 Å². The summed E-state index contributed by atoms with van der Waals surface area (Å²) in [7, 11) is 0. The van der Waals surface area contributed by atoms with Gasteiger partial charge in [-0.25, -0.2) is 9.59 Å². The van der Waals surface area contributed by atoms with Crippen LogP contribution in [0.15, 0.2) is 66.7 Å². The van der Waals surface area contributed by atoms with Crippen LogP contribution in [0.3, 0.4) is 0 Å². The number of phenols is 2. The van der Waals surface area contributed by atoms with E-state index in [0.29, 0.717) is 23.6 Å². The zero-order valence-electron chi connectivity index (χ0n) is 26.9. The fourth-order valence-electron chi connectivity index (χ4n) is 6.28. The predicted octanol–water partition coefficient (Wildman–Crippen LogP) is 5.57. The van der Waals surface area contributed by atoms with Crippen LogP contribution in [0.4, 0.5) is 0 Å². The summed E-state index contributed by atoms with van der Waals surface area (Å²) >= 11 is 0. The molecule has 0 aromatic heterocycles. The first-order valence-electron chi connectivity index (χ1n) is 16.6. The van der Waals surface area contributed by atoms with Crippen molar-refractivity contribution < 1.29 is 34.8 Å². The molecule has 252 valence electrons. The Morgan fingerprint density at radius 1 is 0.617 bits per heavy atom. The molecule has 2 fully saturated rings. The van der Waals surface area contributed by atoms with E-state index < -0.39 is 11.9 Å². The highest BCUT2D eigenvalue weighted by Gasteiger charge is 2.21. The van der Waals surface area contributed by atoms with Gasteiger partial charge in [0.15, 0.2) is 0 Å². The van der Waals surface area contributed by atoms with E-state index in [1.807, 2.05) is 42.5 Å². The maximum absolute atomic E-state index is 13.0. The summed E-state index contributed by atoms with van der Waals surface area (Å²) in [6.45, 7) is 6.07. The number of aliphatic carboxylic acids is 2. The summed E-state index contributed by atoms with van der Waals surface area (Å²) in [6.07, 6.45) is 9.87. The number of likely N-dealkylation sites (tertiary alicyclic amines) is 2. The van der Waals surface area contributed by atoms with Crippen LogP contribution in [0.2, 0.25) is 0 Å². The van der Waals surface area contributed by atoms with Crippen LogP contribution in [0.1, 0.15) is 89.9 Å². The molecule has 0 bridgehead atoms. The molecule has 0 aliphatic carbocycles. The lowest BCUT2D eigenvalue weighted by Gasteiger charge is -2.25. The predicted molar refractivity (Wildman–Crippen MR) is 180 cm³/mol. The van der Waals surface area contributed by atoms with Crippen LogP contribution in [-0.2, 0) is 22.7 Å². The number of hydrogen-bond donors (Lipinski definition) is 5. The Hall–Kier alpha value is -4.41. The first-order chi connectivity index (χ1) is 22.7. The standard InChI is InChI=1S/C35H45N3O3.C2H2O4/c39-33-16-14-28(22-30(33)25-37-18-8-1-2-9-19-37)32(24-36-35(41)27-12-6-5-7-13-27)29-15-17-34(40)31(23-29)26-38-20-10-3-4-11-21-38;3-1(4)2(5)6/h5-7,12-17,22-23,32,39-40H,1-4,8-11,18-21,24-26H2,(H,36,41);(H,3,4)(H,5,6).